The first-order valence-corrected chi connectivity index (χ1v) is 11.2. The van der Waals surface area contributed by atoms with Crippen molar-refractivity contribution in [3.63, 3.8) is 0 Å². The second kappa shape index (κ2) is 7.17. The molecule has 3 rings (SSSR count). The van der Waals surface area contributed by atoms with E-state index in [1.807, 2.05) is 6.92 Å². The molecule has 1 atom stereocenters. The molecule has 0 aromatic heterocycles. The topological polar surface area (TPSA) is 113 Å². The molecule has 2 N–H and O–H groups in total. The Bertz CT molecular complexity index is 685. The van der Waals surface area contributed by atoms with Gasteiger partial charge in [-0.15, -0.1) is 0 Å². The Hall–Kier alpha value is -1.64. The summed E-state index contributed by atoms with van der Waals surface area (Å²) in [5, 5.41) is 5.19. The summed E-state index contributed by atoms with van der Waals surface area (Å²) in [5.41, 5.74) is -0.861. The smallest absolute Gasteiger partial charge is 0.322 e. The van der Waals surface area contributed by atoms with Crippen molar-refractivity contribution in [2.24, 2.45) is 11.8 Å². The lowest BCUT2D eigenvalue weighted by atomic mass is 9.75. The maximum absolute atomic E-state index is 12.7. The highest BCUT2D eigenvalue weighted by atomic mass is 32.2. The highest BCUT2D eigenvalue weighted by Gasteiger charge is 2.51. The van der Waals surface area contributed by atoms with Gasteiger partial charge in [0.05, 0.1) is 11.5 Å². The number of sulfone groups is 1. The average Bonchev–Trinajstić information content (AvgIpc) is 2.89. The van der Waals surface area contributed by atoms with Crippen LogP contribution in [0.4, 0.5) is 4.79 Å². The van der Waals surface area contributed by atoms with Crippen molar-refractivity contribution in [3.8, 4) is 0 Å². The van der Waals surface area contributed by atoms with Crippen LogP contribution in [0.1, 0.15) is 45.4 Å². The molecule has 4 amide bonds. The molecule has 0 bridgehead atoms. The van der Waals surface area contributed by atoms with Crippen LogP contribution in [0.5, 0.6) is 0 Å². The van der Waals surface area contributed by atoms with Crippen LogP contribution < -0.4 is 10.6 Å². The van der Waals surface area contributed by atoms with Crippen LogP contribution >= 0.6 is 0 Å². The summed E-state index contributed by atoms with van der Waals surface area (Å²) in [6.07, 6.45) is 3.49. The zero-order chi connectivity index (χ0) is 18.9. The summed E-state index contributed by atoms with van der Waals surface area (Å²) >= 11 is 0. The summed E-state index contributed by atoms with van der Waals surface area (Å²) in [7, 11) is -2.98. The predicted molar refractivity (Wildman–Crippen MR) is 95.0 cm³/mol. The SMILES string of the molecule is CCC[C@@]1(C2CCN(C(=O)C3CCS(=O)(=O)CC3)CC2)NC(=O)NC1=O. The molecule has 146 valence electrons. The van der Waals surface area contributed by atoms with E-state index in [1.54, 1.807) is 4.90 Å². The number of likely N-dealkylation sites (tertiary alicyclic amines) is 1. The van der Waals surface area contributed by atoms with Gasteiger partial charge in [0.15, 0.2) is 0 Å². The first-order valence-electron chi connectivity index (χ1n) is 9.40. The third-order valence-electron chi connectivity index (χ3n) is 6.02. The zero-order valence-electron chi connectivity index (χ0n) is 15.1. The van der Waals surface area contributed by atoms with Gasteiger partial charge in [0.2, 0.25) is 5.91 Å². The normalized spacial score (nSPS) is 30.1. The molecule has 3 saturated heterocycles. The minimum absolute atomic E-state index is 0.00434. The number of urea groups is 1. The van der Waals surface area contributed by atoms with E-state index in [0.717, 1.165) is 6.42 Å². The van der Waals surface area contributed by atoms with Crippen LogP contribution in [0.3, 0.4) is 0 Å². The summed E-state index contributed by atoms with van der Waals surface area (Å²) in [6.45, 7) is 3.07. The lowest BCUT2D eigenvalue weighted by Gasteiger charge is -2.41. The fraction of sp³-hybridized carbons (Fsp3) is 0.824. The third-order valence-corrected chi connectivity index (χ3v) is 7.74. The van der Waals surface area contributed by atoms with E-state index in [0.29, 0.717) is 45.2 Å². The van der Waals surface area contributed by atoms with Crippen LogP contribution in [0.2, 0.25) is 0 Å². The van der Waals surface area contributed by atoms with Crippen molar-refractivity contribution in [1.29, 1.82) is 0 Å². The largest absolute Gasteiger partial charge is 0.342 e. The van der Waals surface area contributed by atoms with E-state index in [-0.39, 0.29) is 35.2 Å². The fourth-order valence-corrected chi connectivity index (χ4v) is 6.05. The Morgan fingerprint density at radius 2 is 1.77 bits per heavy atom. The number of rotatable bonds is 4. The van der Waals surface area contributed by atoms with Gasteiger partial charge in [-0.05, 0) is 38.0 Å². The van der Waals surface area contributed by atoms with Crippen molar-refractivity contribution >= 4 is 27.7 Å². The summed E-state index contributed by atoms with van der Waals surface area (Å²) in [6, 6.07) is -0.439. The lowest BCUT2D eigenvalue weighted by molar-refractivity contribution is -0.138. The van der Waals surface area contributed by atoms with Crippen LogP contribution in [0, 0.1) is 11.8 Å². The predicted octanol–water partition coefficient (Wildman–Crippen LogP) is 0.428. The Labute approximate surface area is 154 Å². The molecule has 0 aliphatic carbocycles. The second-order valence-electron chi connectivity index (χ2n) is 7.66. The molecule has 8 nitrogen and oxygen atoms in total. The molecule has 9 heteroatoms. The number of hydrogen-bond acceptors (Lipinski definition) is 5. The monoisotopic (exact) mass is 385 g/mol. The van der Waals surface area contributed by atoms with E-state index in [4.69, 9.17) is 0 Å². The van der Waals surface area contributed by atoms with Gasteiger partial charge in [0.25, 0.3) is 5.91 Å². The Balaban J connectivity index is 1.61. The molecule has 3 aliphatic heterocycles. The molecule has 26 heavy (non-hydrogen) atoms. The van der Waals surface area contributed by atoms with Gasteiger partial charge in [0, 0.05) is 19.0 Å². The molecule has 0 radical (unpaired) electrons. The maximum atomic E-state index is 12.7. The molecule has 0 aromatic carbocycles. The zero-order valence-corrected chi connectivity index (χ0v) is 15.9. The second-order valence-corrected chi connectivity index (χ2v) is 9.96. The van der Waals surface area contributed by atoms with E-state index in [2.05, 4.69) is 10.6 Å². The molecule has 3 fully saturated rings. The summed E-state index contributed by atoms with van der Waals surface area (Å²) in [5.74, 6) is -0.259. The maximum Gasteiger partial charge on any atom is 0.322 e. The van der Waals surface area contributed by atoms with Gasteiger partial charge < -0.3 is 10.2 Å². The van der Waals surface area contributed by atoms with Gasteiger partial charge in [-0.2, -0.15) is 0 Å². The molecule has 3 heterocycles. The number of amides is 4. The van der Waals surface area contributed by atoms with E-state index in [1.165, 1.54) is 0 Å². The number of carbonyl (C=O) groups excluding carboxylic acids is 3. The highest BCUT2D eigenvalue weighted by molar-refractivity contribution is 7.91. The van der Waals surface area contributed by atoms with Gasteiger partial charge in [-0.25, -0.2) is 13.2 Å². The van der Waals surface area contributed by atoms with E-state index < -0.39 is 21.4 Å². The number of nitrogens with one attached hydrogen (secondary N) is 2. The van der Waals surface area contributed by atoms with Crippen LogP contribution in [0.15, 0.2) is 0 Å². The van der Waals surface area contributed by atoms with Crippen LogP contribution in [-0.2, 0) is 19.4 Å². The molecule has 0 spiro atoms. The highest BCUT2D eigenvalue weighted by Crippen LogP contribution is 2.35. The first-order chi connectivity index (χ1) is 12.3. The quantitative estimate of drug-likeness (QED) is 0.682. The Kier molecular flexibility index (Phi) is 5.28. The first kappa shape index (κ1) is 19.1. The summed E-state index contributed by atoms with van der Waals surface area (Å²) < 4.78 is 23.1. The Morgan fingerprint density at radius 3 is 2.27 bits per heavy atom. The van der Waals surface area contributed by atoms with Gasteiger partial charge >= 0.3 is 6.03 Å². The minimum atomic E-state index is -2.98. The standard InChI is InChI=1S/C17H27N3O5S/c1-2-7-17(15(22)18-16(23)19-17)13-3-8-20(9-4-13)14(21)12-5-10-26(24,25)11-6-12/h12-13H,2-11H2,1H3,(H2,18,19,22,23)/t17-/m0/s1. The summed E-state index contributed by atoms with van der Waals surface area (Å²) in [4.78, 5) is 38.5. The number of carbonyl (C=O) groups is 3. The minimum Gasteiger partial charge on any atom is -0.342 e. The molecule has 0 saturated carbocycles. The Morgan fingerprint density at radius 1 is 1.15 bits per heavy atom. The number of hydrogen-bond donors (Lipinski definition) is 2. The van der Waals surface area contributed by atoms with Crippen LogP contribution in [-0.4, -0.2) is 61.3 Å². The van der Waals surface area contributed by atoms with E-state index in [9.17, 15) is 22.8 Å². The molecule has 0 unspecified atom stereocenters. The number of nitrogens with zero attached hydrogens (tertiary/aromatic N) is 1. The van der Waals surface area contributed by atoms with E-state index >= 15 is 0 Å². The molecular weight excluding hydrogens is 358 g/mol. The van der Waals surface area contributed by atoms with Crippen molar-refractivity contribution in [3.05, 3.63) is 0 Å². The van der Waals surface area contributed by atoms with Crippen molar-refractivity contribution in [2.75, 3.05) is 24.6 Å². The molecule has 3 aliphatic rings. The van der Waals surface area contributed by atoms with Crippen molar-refractivity contribution in [1.82, 2.24) is 15.5 Å². The van der Waals surface area contributed by atoms with Gasteiger partial charge in [-0.1, -0.05) is 13.3 Å². The molecular formula is C17H27N3O5S. The average molecular weight is 385 g/mol. The van der Waals surface area contributed by atoms with Crippen molar-refractivity contribution in [2.45, 2.75) is 51.0 Å². The number of imide groups is 1. The number of piperidine rings is 1. The van der Waals surface area contributed by atoms with Gasteiger partial charge in [-0.3, -0.25) is 14.9 Å². The molecule has 0 aromatic rings. The van der Waals surface area contributed by atoms with Gasteiger partial charge in [0.1, 0.15) is 15.4 Å². The fourth-order valence-electron chi connectivity index (χ4n) is 4.56. The van der Waals surface area contributed by atoms with Crippen LogP contribution in [0.25, 0.3) is 0 Å². The lowest BCUT2D eigenvalue weighted by Crippen LogP contribution is -2.56. The third kappa shape index (κ3) is 3.58. The van der Waals surface area contributed by atoms with Crippen molar-refractivity contribution < 1.29 is 22.8 Å².